The van der Waals surface area contributed by atoms with E-state index in [1.807, 2.05) is 0 Å². The Bertz CT molecular complexity index is 200. The molecule has 4 heteroatoms. The van der Waals surface area contributed by atoms with Crippen molar-refractivity contribution in [1.82, 2.24) is 10.2 Å². The fraction of sp³-hybridized carbons (Fsp3) is 1.00. The van der Waals surface area contributed by atoms with Crippen LogP contribution in [0.25, 0.3) is 0 Å². The van der Waals surface area contributed by atoms with Gasteiger partial charge in [-0.3, -0.25) is 0 Å². The maximum atomic E-state index is 8.58. The van der Waals surface area contributed by atoms with E-state index in [4.69, 9.17) is 9.84 Å². The molecule has 4 nitrogen and oxygen atoms in total. The highest BCUT2D eigenvalue weighted by Crippen LogP contribution is 2.13. The van der Waals surface area contributed by atoms with Crippen LogP contribution in [0.15, 0.2) is 0 Å². The van der Waals surface area contributed by atoms with Crippen molar-refractivity contribution in [2.24, 2.45) is 0 Å². The van der Waals surface area contributed by atoms with Gasteiger partial charge in [-0.1, -0.05) is 0 Å². The number of ether oxygens (including phenoxy) is 1. The van der Waals surface area contributed by atoms with Gasteiger partial charge in [0.05, 0.1) is 13.2 Å². The zero-order valence-electron chi connectivity index (χ0n) is 12.0. The second-order valence-electron chi connectivity index (χ2n) is 5.40. The number of nitrogens with zero attached hydrogens (tertiary/aromatic N) is 1. The van der Waals surface area contributed by atoms with E-state index < -0.39 is 0 Å². The standard InChI is InChI=1S/C14H30N2O2/c1-13(2)16-8-3-5-14(6-9-16)15-7-4-11-18-12-10-17/h13-15,17H,3-12H2,1-2H3. The highest BCUT2D eigenvalue weighted by molar-refractivity contribution is 4.76. The van der Waals surface area contributed by atoms with Crippen LogP contribution in [0.1, 0.15) is 39.5 Å². The smallest absolute Gasteiger partial charge is 0.0697 e. The first-order chi connectivity index (χ1) is 8.74. The van der Waals surface area contributed by atoms with Crippen molar-refractivity contribution < 1.29 is 9.84 Å². The molecule has 1 fully saturated rings. The zero-order valence-corrected chi connectivity index (χ0v) is 12.0. The molecule has 0 bridgehead atoms. The minimum atomic E-state index is 0.126. The second-order valence-corrected chi connectivity index (χ2v) is 5.40. The minimum absolute atomic E-state index is 0.126. The van der Waals surface area contributed by atoms with E-state index in [2.05, 4.69) is 24.1 Å². The Kier molecular flexibility index (Phi) is 8.59. The van der Waals surface area contributed by atoms with Crippen molar-refractivity contribution in [2.75, 3.05) is 39.5 Å². The number of aliphatic hydroxyl groups is 1. The Labute approximate surface area is 112 Å². The number of nitrogens with one attached hydrogen (secondary N) is 1. The van der Waals surface area contributed by atoms with Gasteiger partial charge in [-0.15, -0.1) is 0 Å². The molecule has 0 aromatic carbocycles. The monoisotopic (exact) mass is 258 g/mol. The summed E-state index contributed by atoms with van der Waals surface area (Å²) < 4.78 is 5.25. The molecule has 1 atom stereocenters. The van der Waals surface area contributed by atoms with Crippen LogP contribution in [0.2, 0.25) is 0 Å². The molecule has 18 heavy (non-hydrogen) atoms. The number of aliphatic hydroxyl groups excluding tert-OH is 1. The van der Waals surface area contributed by atoms with Crippen LogP contribution in [0.4, 0.5) is 0 Å². The van der Waals surface area contributed by atoms with Gasteiger partial charge in [0.1, 0.15) is 0 Å². The Morgan fingerprint density at radius 1 is 1.28 bits per heavy atom. The molecule has 1 rings (SSSR count). The van der Waals surface area contributed by atoms with E-state index in [1.165, 1.54) is 32.4 Å². The number of hydrogen-bond acceptors (Lipinski definition) is 4. The lowest BCUT2D eigenvalue weighted by molar-refractivity contribution is 0.0903. The molecule has 1 saturated heterocycles. The van der Waals surface area contributed by atoms with Crippen molar-refractivity contribution >= 4 is 0 Å². The summed E-state index contributed by atoms with van der Waals surface area (Å²) in [5, 5.41) is 12.2. The van der Waals surface area contributed by atoms with E-state index >= 15 is 0 Å². The summed E-state index contributed by atoms with van der Waals surface area (Å²) in [6.07, 6.45) is 4.89. The number of hydrogen-bond donors (Lipinski definition) is 2. The van der Waals surface area contributed by atoms with Gasteiger partial charge in [0.15, 0.2) is 0 Å². The average molecular weight is 258 g/mol. The third kappa shape index (κ3) is 6.69. The molecule has 0 aliphatic carbocycles. The van der Waals surface area contributed by atoms with Crippen LogP contribution in [0.3, 0.4) is 0 Å². The van der Waals surface area contributed by atoms with E-state index in [0.29, 0.717) is 18.7 Å². The highest BCUT2D eigenvalue weighted by atomic mass is 16.5. The number of rotatable bonds is 8. The van der Waals surface area contributed by atoms with E-state index in [-0.39, 0.29) is 6.61 Å². The summed E-state index contributed by atoms with van der Waals surface area (Å²) in [4.78, 5) is 2.58. The quantitative estimate of drug-likeness (QED) is 0.643. The molecule has 1 aliphatic rings. The Hall–Kier alpha value is -0.160. The van der Waals surface area contributed by atoms with Crippen LogP contribution in [0.5, 0.6) is 0 Å². The van der Waals surface area contributed by atoms with Gasteiger partial charge in [-0.2, -0.15) is 0 Å². The van der Waals surface area contributed by atoms with E-state index in [0.717, 1.165) is 19.6 Å². The van der Waals surface area contributed by atoms with Crippen LogP contribution < -0.4 is 5.32 Å². The predicted octanol–water partition coefficient (Wildman–Crippen LogP) is 1.24. The van der Waals surface area contributed by atoms with Gasteiger partial charge in [-0.25, -0.2) is 0 Å². The first-order valence-corrected chi connectivity index (χ1v) is 7.40. The molecular formula is C14H30N2O2. The van der Waals surface area contributed by atoms with Gasteiger partial charge in [-0.05, 0) is 59.2 Å². The van der Waals surface area contributed by atoms with Crippen molar-refractivity contribution in [2.45, 2.75) is 51.6 Å². The Morgan fingerprint density at radius 2 is 2.11 bits per heavy atom. The third-order valence-corrected chi connectivity index (χ3v) is 3.63. The normalized spacial score (nSPS) is 22.3. The lowest BCUT2D eigenvalue weighted by Crippen LogP contribution is -2.34. The molecule has 0 saturated carbocycles. The lowest BCUT2D eigenvalue weighted by Gasteiger charge is -2.24. The highest BCUT2D eigenvalue weighted by Gasteiger charge is 2.17. The molecule has 2 N–H and O–H groups in total. The summed E-state index contributed by atoms with van der Waals surface area (Å²) in [5.74, 6) is 0. The SMILES string of the molecule is CC(C)N1CCCC(NCCCOCCO)CC1. The Morgan fingerprint density at radius 3 is 2.83 bits per heavy atom. The molecule has 108 valence electrons. The summed E-state index contributed by atoms with van der Waals surface area (Å²) in [7, 11) is 0. The van der Waals surface area contributed by atoms with Gasteiger partial charge < -0.3 is 20.1 Å². The molecule has 0 aromatic rings. The third-order valence-electron chi connectivity index (χ3n) is 3.63. The maximum Gasteiger partial charge on any atom is 0.0697 e. The van der Waals surface area contributed by atoms with Crippen molar-refractivity contribution in [3.05, 3.63) is 0 Å². The van der Waals surface area contributed by atoms with Crippen LogP contribution >= 0.6 is 0 Å². The number of likely N-dealkylation sites (tertiary alicyclic amines) is 1. The predicted molar refractivity (Wildman–Crippen MR) is 74.9 cm³/mol. The molecule has 0 radical (unpaired) electrons. The van der Waals surface area contributed by atoms with Gasteiger partial charge in [0, 0.05) is 18.7 Å². The van der Waals surface area contributed by atoms with E-state index in [9.17, 15) is 0 Å². The van der Waals surface area contributed by atoms with E-state index in [1.54, 1.807) is 0 Å². The van der Waals surface area contributed by atoms with Gasteiger partial charge in [0.2, 0.25) is 0 Å². The topological polar surface area (TPSA) is 44.7 Å². The minimum Gasteiger partial charge on any atom is -0.394 e. The summed E-state index contributed by atoms with van der Waals surface area (Å²) in [6.45, 7) is 9.40. The Balaban J connectivity index is 2.05. The van der Waals surface area contributed by atoms with Crippen LogP contribution in [-0.4, -0.2) is 61.5 Å². The fourth-order valence-electron chi connectivity index (χ4n) is 2.49. The largest absolute Gasteiger partial charge is 0.394 e. The van der Waals surface area contributed by atoms with Gasteiger partial charge in [0.25, 0.3) is 0 Å². The van der Waals surface area contributed by atoms with Gasteiger partial charge >= 0.3 is 0 Å². The summed E-state index contributed by atoms with van der Waals surface area (Å²) in [6, 6.07) is 1.35. The summed E-state index contributed by atoms with van der Waals surface area (Å²) in [5.41, 5.74) is 0. The maximum absolute atomic E-state index is 8.58. The average Bonchev–Trinajstić information content (AvgIpc) is 2.59. The molecule has 1 unspecified atom stereocenters. The van der Waals surface area contributed by atoms with Crippen LogP contribution in [-0.2, 0) is 4.74 Å². The van der Waals surface area contributed by atoms with Crippen molar-refractivity contribution in [3.63, 3.8) is 0 Å². The molecule has 0 aromatic heterocycles. The van der Waals surface area contributed by atoms with Crippen molar-refractivity contribution in [3.8, 4) is 0 Å². The zero-order chi connectivity index (χ0) is 13.2. The molecule has 1 aliphatic heterocycles. The second kappa shape index (κ2) is 9.73. The molecule has 0 amide bonds. The fourth-order valence-corrected chi connectivity index (χ4v) is 2.49. The van der Waals surface area contributed by atoms with Crippen molar-refractivity contribution in [1.29, 1.82) is 0 Å². The summed E-state index contributed by atoms with van der Waals surface area (Å²) >= 11 is 0. The molecule has 1 heterocycles. The first-order valence-electron chi connectivity index (χ1n) is 7.40. The lowest BCUT2D eigenvalue weighted by atomic mass is 10.1. The molecular weight excluding hydrogens is 228 g/mol. The van der Waals surface area contributed by atoms with Crippen LogP contribution in [0, 0.1) is 0 Å². The molecule has 0 spiro atoms. The first kappa shape index (κ1) is 15.9.